The van der Waals surface area contributed by atoms with E-state index >= 15 is 0 Å². The van der Waals surface area contributed by atoms with Crippen LogP contribution in [0.4, 0.5) is 0 Å². The van der Waals surface area contributed by atoms with Gasteiger partial charge < -0.3 is 10.1 Å². The van der Waals surface area contributed by atoms with Crippen molar-refractivity contribution in [2.45, 2.75) is 17.9 Å². The van der Waals surface area contributed by atoms with Crippen LogP contribution in [-0.2, 0) is 0 Å². The van der Waals surface area contributed by atoms with E-state index in [0.29, 0.717) is 0 Å². The lowest BCUT2D eigenvalue weighted by molar-refractivity contribution is 0.404. The van der Waals surface area contributed by atoms with E-state index in [4.69, 9.17) is 4.74 Å². The summed E-state index contributed by atoms with van der Waals surface area (Å²) in [5, 5.41) is 3.37. The zero-order valence-electron chi connectivity index (χ0n) is 12.1. The summed E-state index contributed by atoms with van der Waals surface area (Å²) in [4.78, 5) is 5.27. The molecule has 0 radical (unpaired) electrons. The Morgan fingerprint density at radius 3 is 2.65 bits per heavy atom. The Morgan fingerprint density at radius 1 is 1.25 bits per heavy atom. The summed E-state index contributed by atoms with van der Waals surface area (Å²) in [7, 11) is 3.70. The van der Waals surface area contributed by atoms with Gasteiger partial charge in [-0.2, -0.15) is 0 Å². The first-order chi connectivity index (χ1) is 9.74. The van der Waals surface area contributed by atoms with Gasteiger partial charge in [-0.3, -0.25) is 4.98 Å². The van der Waals surface area contributed by atoms with E-state index in [0.717, 1.165) is 11.5 Å². The van der Waals surface area contributed by atoms with Gasteiger partial charge in [-0.05, 0) is 32.2 Å². The van der Waals surface area contributed by atoms with E-state index < -0.39 is 0 Å². The molecule has 1 aromatic carbocycles. The first kappa shape index (κ1) is 14.9. The minimum Gasteiger partial charge on any atom is -0.496 e. The molecule has 0 saturated carbocycles. The first-order valence-electron chi connectivity index (χ1n) is 6.59. The van der Waals surface area contributed by atoms with Crippen LogP contribution in [0, 0.1) is 6.92 Å². The molecule has 106 valence electrons. The Kier molecular flexibility index (Phi) is 5.44. The number of rotatable bonds is 6. The van der Waals surface area contributed by atoms with Gasteiger partial charge >= 0.3 is 0 Å². The molecule has 0 aliphatic carbocycles. The van der Waals surface area contributed by atoms with Crippen molar-refractivity contribution in [1.82, 2.24) is 10.3 Å². The Labute approximate surface area is 124 Å². The Bertz CT molecular complexity index is 545. The minimum atomic E-state index is 0.253. The minimum absolute atomic E-state index is 0.253. The first-order valence-corrected chi connectivity index (χ1v) is 7.57. The van der Waals surface area contributed by atoms with E-state index in [1.165, 1.54) is 16.0 Å². The summed E-state index contributed by atoms with van der Waals surface area (Å²) < 4.78 is 5.48. The van der Waals surface area contributed by atoms with Gasteiger partial charge in [-0.15, -0.1) is 11.8 Å². The number of aromatic nitrogens is 1. The van der Waals surface area contributed by atoms with Crippen LogP contribution in [0.25, 0.3) is 0 Å². The number of nitrogens with zero attached hydrogens (tertiary/aromatic N) is 1. The second-order valence-corrected chi connectivity index (χ2v) is 5.67. The van der Waals surface area contributed by atoms with Gasteiger partial charge in [0.1, 0.15) is 5.75 Å². The van der Waals surface area contributed by atoms with Crippen molar-refractivity contribution in [3.63, 3.8) is 0 Å². The lowest BCUT2D eigenvalue weighted by Gasteiger charge is -2.19. The van der Waals surface area contributed by atoms with Crippen LogP contribution in [0.15, 0.2) is 47.6 Å². The number of benzene rings is 1. The average Bonchev–Trinajstić information content (AvgIpc) is 2.49. The van der Waals surface area contributed by atoms with Crippen LogP contribution in [-0.4, -0.2) is 24.9 Å². The number of hydrogen-bond donors (Lipinski definition) is 1. The lowest BCUT2D eigenvalue weighted by Crippen LogP contribution is -2.19. The van der Waals surface area contributed by atoms with Crippen LogP contribution in [0.3, 0.4) is 0 Å². The maximum Gasteiger partial charge on any atom is 0.123 e. The SMILES string of the molecule is CNC(CSc1ccncc1)c1cc(C)ccc1OC. The van der Waals surface area contributed by atoms with Crippen LogP contribution in [0.1, 0.15) is 17.2 Å². The summed E-state index contributed by atoms with van der Waals surface area (Å²) in [5.74, 6) is 1.88. The number of pyridine rings is 1. The molecule has 0 amide bonds. The highest BCUT2D eigenvalue weighted by Gasteiger charge is 2.15. The average molecular weight is 288 g/mol. The summed E-state index contributed by atoms with van der Waals surface area (Å²) in [6.45, 7) is 2.10. The van der Waals surface area contributed by atoms with Crippen LogP contribution < -0.4 is 10.1 Å². The largest absolute Gasteiger partial charge is 0.496 e. The normalized spacial score (nSPS) is 12.2. The maximum absolute atomic E-state index is 5.48. The van der Waals surface area contributed by atoms with Crippen LogP contribution in [0.2, 0.25) is 0 Å². The number of hydrogen-bond acceptors (Lipinski definition) is 4. The third kappa shape index (κ3) is 3.74. The van der Waals surface area contributed by atoms with Gasteiger partial charge in [0.2, 0.25) is 0 Å². The van der Waals surface area contributed by atoms with E-state index in [2.05, 4.69) is 29.4 Å². The van der Waals surface area contributed by atoms with E-state index in [9.17, 15) is 0 Å². The van der Waals surface area contributed by atoms with Gasteiger partial charge in [0.15, 0.2) is 0 Å². The summed E-state index contributed by atoms with van der Waals surface area (Å²) in [5.41, 5.74) is 2.45. The second-order valence-electron chi connectivity index (χ2n) is 4.58. The smallest absolute Gasteiger partial charge is 0.123 e. The number of methoxy groups -OCH3 is 1. The lowest BCUT2D eigenvalue weighted by atomic mass is 10.0. The summed E-state index contributed by atoms with van der Waals surface area (Å²) in [6.07, 6.45) is 3.65. The molecule has 0 aliphatic rings. The standard InChI is InChI=1S/C16H20N2OS/c1-12-4-5-16(19-3)14(10-12)15(17-2)11-20-13-6-8-18-9-7-13/h4-10,15,17H,11H2,1-3H3. The van der Waals surface area contributed by atoms with E-state index in [-0.39, 0.29) is 6.04 Å². The fourth-order valence-corrected chi connectivity index (χ4v) is 3.09. The van der Waals surface area contributed by atoms with Crippen molar-refractivity contribution in [3.8, 4) is 5.75 Å². The number of aryl methyl sites for hydroxylation is 1. The van der Waals surface area contributed by atoms with E-state index in [1.807, 2.05) is 49.4 Å². The van der Waals surface area contributed by atoms with Gasteiger partial charge in [-0.25, -0.2) is 0 Å². The third-order valence-electron chi connectivity index (χ3n) is 3.18. The third-order valence-corrected chi connectivity index (χ3v) is 4.28. The molecule has 2 rings (SSSR count). The molecule has 1 atom stereocenters. The number of nitrogens with one attached hydrogen (secondary N) is 1. The Hall–Kier alpha value is -1.52. The highest BCUT2D eigenvalue weighted by atomic mass is 32.2. The molecule has 1 N–H and O–H groups in total. The van der Waals surface area contributed by atoms with Gasteiger partial charge in [0.25, 0.3) is 0 Å². The molecule has 0 spiro atoms. The molecule has 20 heavy (non-hydrogen) atoms. The van der Waals surface area contributed by atoms with Crippen molar-refractivity contribution in [2.24, 2.45) is 0 Å². The molecular formula is C16H20N2OS. The summed E-state index contributed by atoms with van der Waals surface area (Å²) >= 11 is 1.81. The van der Waals surface area contributed by atoms with Crippen molar-refractivity contribution in [2.75, 3.05) is 19.9 Å². The summed E-state index contributed by atoms with van der Waals surface area (Å²) in [6, 6.07) is 10.6. The molecule has 4 heteroatoms. The molecule has 2 aromatic rings. The van der Waals surface area contributed by atoms with Crippen molar-refractivity contribution >= 4 is 11.8 Å². The van der Waals surface area contributed by atoms with Gasteiger partial charge in [0.05, 0.1) is 7.11 Å². The molecule has 0 saturated heterocycles. The van der Waals surface area contributed by atoms with Crippen molar-refractivity contribution in [3.05, 3.63) is 53.9 Å². The van der Waals surface area contributed by atoms with Crippen molar-refractivity contribution in [1.29, 1.82) is 0 Å². The monoisotopic (exact) mass is 288 g/mol. The molecule has 0 aliphatic heterocycles. The molecule has 1 unspecified atom stereocenters. The predicted molar refractivity (Wildman–Crippen MR) is 84.5 cm³/mol. The maximum atomic E-state index is 5.48. The highest BCUT2D eigenvalue weighted by Crippen LogP contribution is 2.30. The Morgan fingerprint density at radius 2 is 2.00 bits per heavy atom. The second kappa shape index (κ2) is 7.31. The molecule has 0 fully saturated rings. The van der Waals surface area contributed by atoms with E-state index in [1.54, 1.807) is 7.11 Å². The Balaban J connectivity index is 2.14. The molecule has 1 heterocycles. The molecule has 3 nitrogen and oxygen atoms in total. The predicted octanol–water partition coefficient (Wildman–Crippen LogP) is 3.45. The van der Waals surface area contributed by atoms with Crippen LogP contribution in [0.5, 0.6) is 5.75 Å². The quantitative estimate of drug-likeness (QED) is 0.826. The van der Waals surface area contributed by atoms with Crippen molar-refractivity contribution < 1.29 is 4.74 Å². The van der Waals surface area contributed by atoms with Gasteiger partial charge in [-0.1, -0.05) is 17.7 Å². The number of ether oxygens (including phenoxy) is 1. The fraction of sp³-hybridized carbons (Fsp3) is 0.312. The number of thioether (sulfide) groups is 1. The van der Waals surface area contributed by atoms with Gasteiger partial charge in [0, 0.05) is 34.6 Å². The van der Waals surface area contributed by atoms with Crippen LogP contribution >= 0.6 is 11.8 Å². The molecule has 0 bridgehead atoms. The molecular weight excluding hydrogens is 268 g/mol. The molecule has 1 aromatic heterocycles. The zero-order chi connectivity index (χ0) is 14.4. The topological polar surface area (TPSA) is 34.2 Å². The highest BCUT2D eigenvalue weighted by molar-refractivity contribution is 7.99. The fourth-order valence-electron chi connectivity index (χ4n) is 2.07. The zero-order valence-corrected chi connectivity index (χ0v) is 12.9.